The number of anilines is 2. The number of amides is 2. The minimum absolute atomic E-state index is 0.00606. The zero-order chi connectivity index (χ0) is 21.5. The number of carbonyl (C=O) groups excluding carboxylic acids is 2. The van der Waals surface area contributed by atoms with E-state index in [9.17, 15) is 9.59 Å². The summed E-state index contributed by atoms with van der Waals surface area (Å²) in [5.41, 5.74) is 3.16. The van der Waals surface area contributed by atoms with Gasteiger partial charge in [-0.2, -0.15) is 0 Å². The van der Waals surface area contributed by atoms with E-state index in [1.165, 1.54) is 0 Å². The molecular formula is C24H28N4O2. The number of benzene rings is 2. The summed E-state index contributed by atoms with van der Waals surface area (Å²) in [6.45, 7) is 6.54. The molecule has 0 aliphatic heterocycles. The average molecular weight is 405 g/mol. The minimum atomic E-state index is -0.212. The van der Waals surface area contributed by atoms with Crippen molar-refractivity contribution in [1.82, 2.24) is 15.6 Å². The second-order valence-corrected chi connectivity index (χ2v) is 7.51. The van der Waals surface area contributed by atoms with Gasteiger partial charge in [-0.25, -0.2) is 0 Å². The highest BCUT2D eigenvalue weighted by molar-refractivity contribution is 6.09. The molecule has 0 radical (unpaired) electrons. The number of carbonyl (C=O) groups is 2. The van der Waals surface area contributed by atoms with Crippen molar-refractivity contribution in [2.24, 2.45) is 0 Å². The molecular weight excluding hydrogens is 376 g/mol. The first-order chi connectivity index (χ1) is 14.5. The van der Waals surface area contributed by atoms with Crippen LogP contribution in [0.3, 0.4) is 0 Å². The van der Waals surface area contributed by atoms with Crippen LogP contribution >= 0.6 is 0 Å². The molecule has 0 saturated carbocycles. The van der Waals surface area contributed by atoms with Gasteiger partial charge in [0, 0.05) is 35.4 Å². The van der Waals surface area contributed by atoms with Crippen LogP contribution in [-0.4, -0.2) is 29.4 Å². The first kappa shape index (κ1) is 21.3. The Labute approximate surface area is 177 Å². The number of pyridine rings is 1. The maximum absolute atomic E-state index is 12.8. The largest absolute Gasteiger partial charge is 0.354 e. The second-order valence-electron chi connectivity index (χ2n) is 7.51. The zero-order valence-electron chi connectivity index (χ0n) is 17.7. The van der Waals surface area contributed by atoms with Crippen LogP contribution in [0.1, 0.15) is 54.3 Å². The molecule has 6 nitrogen and oxygen atoms in total. The first-order valence-electron chi connectivity index (χ1n) is 10.3. The highest BCUT2D eigenvalue weighted by Gasteiger charge is 2.18. The normalized spacial score (nSPS) is 10.8. The fourth-order valence-corrected chi connectivity index (χ4v) is 3.13. The van der Waals surface area contributed by atoms with Crippen LogP contribution in [0.4, 0.5) is 11.4 Å². The molecule has 0 spiro atoms. The molecule has 1 heterocycles. The monoisotopic (exact) mass is 404 g/mol. The molecule has 6 heteroatoms. The molecule has 156 valence electrons. The van der Waals surface area contributed by atoms with E-state index in [4.69, 9.17) is 0 Å². The van der Waals surface area contributed by atoms with Gasteiger partial charge in [0.05, 0.1) is 16.8 Å². The molecule has 3 aromatic rings. The van der Waals surface area contributed by atoms with Crippen LogP contribution in [0.25, 0.3) is 10.9 Å². The number of unbranched alkanes of at least 4 members (excludes halogenated alkanes) is 1. The Morgan fingerprint density at radius 2 is 1.80 bits per heavy atom. The lowest BCUT2D eigenvalue weighted by molar-refractivity contribution is 0.0939. The molecule has 0 aliphatic carbocycles. The van der Waals surface area contributed by atoms with Crippen molar-refractivity contribution in [3.8, 4) is 0 Å². The molecule has 0 unspecified atom stereocenters. The number of nitrogens with zero attached hydrogens (tertiary/aromatic N) is 1. The van der Waals surface area contributed by atoms with Gasteiger partial charge in [-0.1, -0.05) is 31.5 Å². The van der Waals surface area contributed by atoms with E-state index >= 15 is 0 Å². The molecule has 3 rings (SSSR count). The van der Waals surface area contributed by atoms with Gasteiger partial charge in [0.2, 0.25) is 0 Å². The van der Waals surface area contributed by atoms with Gasteiger partial charge >= 0.3 is 0 Å². The van der Waals surface area contributed by atoms with Gasteiger partial charge in [-0.05, 0) is 50.6 Å². The van der Waals surface area contributed by atoms with Crippen LogP contribution in [0, 0.1) is 0 Å². The zero-order valence-corrected chi connectivity index (χ0v) is 17.7. The van der Waals surface area contributed by atoms with E-state index in [-0.39, 0.29) is 17.9 Å². The lowest BCUT2D eigenvalue weighted by Gasteiger charge is -2.16. The molecule has 0 saturated heterocycles. The van der Waals surface area contributed by atoms with Gasteiger partial charge in [-0.3, -0.25) is 14.6 Å². The number of para-hydroxylation sites is 1. The van der Waals surface area contributed by atoms with Gasteiger partial charge < -0.3 is 16.0 Å². The smallest absolute Gasteiger partial charge is 0.255 e. The molecule has 1 aromatic heterocycles. The number of hydrogen-bond donors (Lipinski definition) is 3. The van der Waals surface area contributed by atoms with Gasteiger partial charge in [-0.15, -0.1) is 0 Å². The standard InChI is InChI=1S/C24H28N4O2/c1-4-5-13-25-23(29)17-11-12-21-19(14-17)22(28-18-9-7-6-8-10-18)20(15-26-21)24(30)27-16(2)3/h6-12,14-16H,4-5,13H2,1-3H3,(H,25,29)(H,26,28)(H,27,30). The van der Waals surface area contributed by atoms with Crippen LogP contribution in [-0.2, 0) is 0 Å². The van der Waals surface area contributed by atoms with Gasteiger partial charge in [0.15, 0.2) is 0 Å². The number of hydrogen-bond acceptors (Lipinski definition) is 4. The highest BCUT2D eigenvalue weighted by atomic mass is 16.2. The van der Waals surface area contributed by atoms with E-state index in [1.807, 2.05) is 50.2 Å². The van der Waals surface area contributed by atoms with Gasteiger partial charge in [0.1, 0.15) is 0 Å². The summed E-state index contributed by atoms with van der Waals surface area (Å²) < 4.78 is 0. The number of rotatable bonds is 8. The van der Waals surface area contributed by atoms with E-state index in [0.29, 0.717) is 28.9 Å². The molecule has 0 bridgehead atoms. The molecule has 0 atom stereocenters. The molecule has 0 fully saturated rings. The topological polar surface area (TPSA) is 83.1 Å². The summed E-state index contributed by atoms with van der Waals surface area (Å²) in [4.78, 5) is 29.9. The van der Waals surface area contributed by atoms with Crippen molar-refractivity contribution >= 4 is 34.1 Å². The average Bonchev–Trinajstić information content (AvgIpc) is 2.74. The number of aromatic nitrogens is 1. The summed E-state index contributed by atoms with van der Waals surface area (Å²) in [7, 11) is 0. The fourth-order valence-electron chi connectivity index (χ4n) is 3.13. The summed E-state index contributed by atoms with van der Waals surface area (Å²) in [6.07, 6.45) is 3.52. The van der Waals surface area contributed by atoms with Gasteiger partial charge in [0.25, 0.3) is 11.8 Å². The summed E-state index contributed by atoms with van der Waals surface area (Å²) in [6, 6.07) is 15.0. The maximum atomic E-state index is 12.8. The number of fused-ring (bicyclic) bond motifs is 1. The van der Waals surface area contributed by atoms with Crippen LogP contribution < -0.4 is 16.0 Å². The number of nitrogens with one attached hydrogen (secondary N) is 3. The molecule has 2 aromatic carbocycles. The van der Waals surface area contributed by atoms with Crippen LogP contribution in [0.5, 0.6) is 0 Å². The Hall–Kier alpha value is -3.41. The van der Waals surface area contributed by atoms with E-state index < -0.39 is 0 Å². The summed E-state index contributed by atoms with van der Waals surface area (Å²) in [5.74, 6) is -0.344. The van der Waals surface area contributed by atoms with Crippen molar-refractivity contribution < 1.29 is 9.59 Å². The fraction of sp³-hybridized carbons (Fsp3) is 0.292. The Bertz CT molecular complexity index is 1030. The minimum Gasteiger partial charge on any atom is -0.354 e. The SMILES string of the molecule is CCCCNC(=O)c1ccc2ncc(C(=O)NC(C)C)c(Nc3ccccc3)c2c1. The first-order valence-corrected chi connectivity index (χ1v) is 10.3. The molecule has 3 N–H and O–H groups in total. The lowest BCUT2D eigenvalue weighted by Crippen LogP contribution is -2.30. The summed E-state index contributed by atoms with van der Waals surface area (Å²) >= 11 is 0. The predicted molar refractivity (Wildman–Crippen MR) is 121 cm³/mol. The van der Waals surface area contributed by atoms with Crippen molar-refractivity contribution in [3.63, 3.8) is 0 Å². The Balaban J connectivity index is 2.07. The third-order valence-electron chi connectivity index (χ3n) is 4.65. The highest BCUT2D eigenvalue weighted by Crippen LogP contribution is 2.30. The van der Waals surface area contributed by atoms with Crippen molar-refractivity contribution in [3.05, 3.63) is 65.9 Å². The third kappa shape index (κ3) is 5.14. The van der Waals surface area contributed by atoms with E-state index in [2.05, 4.69) is 27.9 Å². The van der Waals surface area contributed by atoms with Crippen molar-refractivity contribution in [2.45, 2.75) is 39.7 Å². The molecule has 0 aliphatic rings. The Morgan fingerprint density at radius 3 is 2.50 bits per heavy atom. The van der Waals surface area contributed by atoms with Crippen LogP contribution in [0.15, 0.2) is 54.7 Å². The van der Waals surface area contributed by atoms with Crippen LogP contribution in [0.2, 0.25) is 0 Å². The van der Waals surface area contributed by atoms with E-state index in [0.717, 1.165) is 23.9 Å². The molecule has 30 heavy (non-hydrogen) atoms. The predicted octanol–water partition coefficient (Wildman–Crippen LogP) is 4.65. The molecule has 2 amide bonds. The quantitative estimate of drug-likeness (QED) is 0.477. The second kappa shape index (κ2) is 9.87. The van der Waals surface area contributed by atoms with Crippen molar-refractivity contribution in [1.29, 1.82) is 0 Å². The Morgan fingerprint density at radius 1 is 1.03 bits per heavy atom. The van der Waals surface area contributed by atoms with Crippen molar-refractivity contribution in [2.75, 3.05) is 11.9 Å². The lowest BCUT2D eigenvalue weighted by atomic mass is 10.0. The Kier molecular flexibility index (Phi) is 7.01. The van der Waals surface area contributed by atoms with E-state index in [1.54, 1.807) is 18.3 Å². The third-order valence-corrected chi connectivity index (χ3v) is 4.65. The summed E-state index contributed by atoms with van der Waals surface area (Å²) in [5, 5.41) is 9.94. The maximum Gasteiger partial charge on any atom is 0.255 e.